The minimum Gasteiger partial charge on any atom is -0.461 e. The summed E-state index contributed by atoms with van der Waals surface area (Å²) in [6.45, 7) is -0.262. The molecule has 26 heavy (non-hydrogen) atoms. The number of aliphatic hydroxyl groups is 2. The number of ether oxygens (including phenoxy) is 1. The molecule has 1 heterocycles. The highest BCUT2D eigenvalue weighted by atomic mass is 35.5. The lowest BCUT2D eigenvalue weighted by Gasteiger charge is -2.29. The van der Waals surface area contributed by atoms with Gasteiger partial charge >= 0.3 is 5.97 Å². The maximum Gasteiger partial charge on any atom is 0.338 e. The average molecular weight is 376 g/mol. The maximum atomic E-state index is 12.4. The second kappa shape index (κ2) is 7.45. The number of nitrogens with zero attached hydrogens (tertiary/aromatic N) is 1. The third kappa shape index (κ3) is 3.72. The summed E-state index contributed by atoms with van der Waals surface area (Å²) in [6, 6.07) is 15.0. The number of esters is 1. The van der Waals surface area contributed by atoms with Crippen LogP contribution in [-0.2, 0) is 9.53 Å². The quantitative estimate of drug-likeness (QED) is 0.618. The van der Waals surface area contributed by atoms with Crippen molar-refractivity contribution in [2.75, 3.05) is 18.1 Å². The van der Waals surface area contributed by atoms with Crippen LogP contribution < -0.4 is 4.90 Å². The van der Waals surface area contributed by atoms with Crippen LogP contribution in [0.4, 0.5) is 5.69 Å². The van der Waals surface area contributed by atoms with Crippen molar-refractivity contribution in [1.82, 2.24) is 0 Å². The molecule has 1 saturated heterocycles. The third-order valence-corrected chi connectivity index (χ3v) is 4.72. The largest absolute Gasteiger partial charge is 0.461 e. The van der Waals surface area contributed by atoms with Gasteiger partial charge in [-0.3, -0.25) is 4.79 Å². The number of halogens is 1. The summed E-state index contributed by atoms with van der Waals surface area (Å²) in [5, 5.41) is 20.3. The Kier molecular flexibility index (Phi) is 5.27. The highest BCUT2D eigenvalue weighted by molar-refractivity contribution is 6.30. The molecule has 2 N–H and O–H groups in total. The van der Waals surface area contributed by atoms with Gasteiger partial charge in [0.15, 0.2) is 6.29 Å². The van der Waals surface area contributed by atoms with Crippen molar-refractivity contribution in [2.45, 2.75) is 12.7 Å². The molecule has 0 saturated carbocycles. The normalized spacial score (nSPS) is 19.8. The standard InChI is InChI=1S/C19H18ClNO5/c20-14-6-8-15(9-7-14)21-11-19(18(24)25,10-16(21)22)12-26-17(23)13-4-2-1-3-5-13/h1-9,18,24-25H,10-12H2. The number of carbonyl (C=O) groups excluding carboxylic acids is 2. The van der Waals surface area contributed by atoms with E-state index in [1.54, 1.807) is 54.6 Å². The first kappa shape index (κ1) is 18.4. The van der Waals surface area contributed by atoms with E-state index >= 15 is 0 Å². The molecular formula is C19H18ClNO5. The SMILES string of the molecule is O=C(OCC1(C(O)O)CC(=O)N(c2ccc(Cl)cc2)C1)c1ccccc1. The van der Waals surface area contributed by atoms with Gasteiger partial charge in [-0.25, -0.2) is 4.79 Å². The van der Waals surface area contributed by atoms with Crippen molar-refractivity contribution in [2.24, 2.45) is 5.41 Å². The summed E-state index contributed by atoms with van der Waals surface area (Å²) < 4.78 is 5.27. The van der Waals surface area contributed by atoms with Gasteiger partial charge in [-0.2, -0.15) is 0 Å². The molecule has 2 aromatic carbocycles. The Morgan fingerprint density at radius 1 is 1.15 bits per heavy atom. The Morgan fingerprint density at radius 2 is 1.81 bits per heavy atom. The molecular weight excluding hydrogens is 358 g/mol. The van der Waals surface area contributed by atoms with Crippen LogP contribution in [0.15, 0.2) is 54.6 Å². The van der Waals surface area contributed by atoms with Crippen molar-refractivity contribution in [1.29, 1.82) is 0 Å². The molecule has 1 aliphatic rings. The van der Waals surface area contributed by atoms with Gasteiger partial charge in [0.05, 0.1) is 11.0 Å². The van der Waals surface area contributed by atoms with Crippen molar-refractivity contribution < 1.29 is 24.5 Å². The van der Waals surface area contributed by atoms with Crippen LogP contribution in [0.1, 0.15) is 16.8 Å². The zero-order valence-corrected chi connectivity index (χ0v) is 14.6. The fourth-order valence-corrected chi connectivity index (χ4v) is 3.05. The predicted octanol–water partition coefficient (Wildman–Crippen LogP) is 2.23. The summed E-state index contributed by atoms with van der Waals surface area (Å²) in [7, 11) is 0. The van der Waals surface area contributed by atoms with E-state index in [2.05, 4.69) is 0 Å². The van der Waals surface area contributed by atoms with Crippen LogP contribution in [0.25, 0.3) is 0 Å². The highest BCUT2D eigenvalue weighted by Gasteiger charge is 2.49. The molecule has 2 aromatic rings. The Hall–Kier alpha value is -2.41. The predicted molar refractivity (Wildman–Crippen MR) is 95.8 cm³/mol. The van der Waals surface area contributed by atoms with Crippen LogP contribution in [0.3, 0.4) is 0 Å². The number of aliphatic hydroxyl groups excluding tert-OH is 1. The van der Waals surface area contributed by atoms with Crippen molar-refractivity contribution >= 4 is 29.2 Å². The zero-order chi connectivity index (χ0) is 18.7. The fraction of sp³-hybridized carbons (Fsp3) is 0.263. The Morgan fingerprint density at radius 3 is 2.42 bits per heavy atom. The van der Waals surface area contributed by atoms with Gasteiger partial charge in [0.2, 0.25) is 5.91 Å². The van der Waals surface area contributed by atoms with Crippen LogP contribution in [0.2, 0.25) is 5.02 Å². The van der Waals surface area contributed by atoms with E-state index in [1.165, 1.54) is 4.90 Å². The summed E-state index contributed by atoms with van der Waals surface area (Å²) in [4.78, 5) is 26.0. The molecule has 0 bridgehead atoms. The molecule has 1 unspecified atom stereocenters. The van der Waals surface area contributed by atoms with Crippen molar-refractivity contribution in [3.05, 3.63) is 65.2 Å². The molecule has 136 valence electrons. The lowest BCUT2D eigenvalue weighted by Crippen LogP contribution is -2.42. The molecule has 3 rings (SSSR count). The number of amides is 1. The van der Waals surface area contributed by atoms with Gasteiger partial charge in [0.1, 0.15) is 6.61 Å². The molecule has 6 nitrogen and oxygen atoms in total. The zero-order valence-electron chi connectivity index (χ0n) is 13.8. The molecule has 0 aliphatic carbocycles. The Bertz CT molecular complexity index is 793. The summed E-state index contributed by atoms with van der Waals surface area (Å²) in [5.41, 5.74) is -0.341. The van der Waals surface area contributed by atoms with Crippen molar-refractivity contribution in [3.8, 4) is 0 Å². The lowest BCUT2D eigenvalue weighted by atomic mass is 9.87. The van der Waals surface area contributed by atoms with E-state index in [0.717, 1.165) is 0 Å². The maximum absolute atomic E-state index is 12.4. The molecule has 1 atom stereocenters. The summed E-state index contributed by atoms with van der Waals surface area (Å²) >= 11 is 5.86. The second-order valence-electron chi connectivity index (χ2n) is 6.31. The topological polar surface area (TPSA) is 87.1 Å². The fourth-order valence-electron chi connectivity index (χ4n) is 2.92. The van der Waals surface area contributed by atoms with E-state index in [9.17, 15) is 19.8 Å². The Balaban J connectivity index is 1.75. The number of anilines is 1. The molecule has 0 radical (unpaired) electrons. The monoisotopic (exact) mass is 375 g/mol. The van der Waals surface area contributed by atoms with Gasteiger partial charge in [-0.15, -0.1) is 0 Å². The van der Waals surface area contributed by atoms with Gasteiger partial charge in [-0.05, 0) is 36.4 Å². The smallest absolute Gasteiger partial charge is 0.338 e. The van der Waals surface area contributed by atoms with Gasteiger partial charge in [0.25, 0.3) is 0 Å². The average Bonchev–Trinajstić information content (AvgIpc) is 2.99. The molecule has 7 heteroatoms. The number of benzene rings is 2. The number of rotatable bonds is 5. The van der Waals surface area contributed by atoms with E-state index in [0.29, 0.717) is 16.3 Å². The number of hydrogen-bond acceptors (Lipinski definition) is 5. The molecule has 1 amide bonds. The van der Waals surface area contributed by atoms with Crippen LogP contribution in [0.5, 0.6) is 0 Å². The number of carbonyl (C=O) groups is 2. The lowest BCUT2D eigenvalue weighted by molar-refractivity contribution is -0.148. The second-order valence-corrected chi connectivity index (χ2v) is 6.75. The first-order valence-corrected chi connectivity index (χ1v) is 8.43. The van der Waals surface area contributed by atoms with Crippen molar-refractivity contribution in [3.63, 3.8) is 0 Å². The minimum absolute atomic E-state index is 0.0210. The van der Waals surface area contributed by atoms with Crippen LogP contribution in [0, 0.1) is 5.41 Å². The van der Waals surface area contributed by atoms with Gasteiger partial charge in [-0.1, -0.05) is 29.8 Å². The van der Waals surface area contributed by atoms with Crippen LogP contribution >= 0.6 is 11.6 Å². The molecule has 1 aliphatic heterocycles. The van der Waals surface area contributed by atoms with Gasteiger partial charge in [0, 0.05) is 23.7 Å². The summed E-state index contributed by atoms with van der Waals surface area (Å²) in [5.74, 6) is -0.862. The minimum atomic E-state index is -1.81. The molecule has 0 spiro atoms. The molecule has 0 aromatic heterocycles. The Labute approximate surface area is 155 Å². The molecule has 1 fully saturated rings. The number of hydrogen-bond donors (Lipinski definition) is 2. The van der Waals surface area contributed by atoms with E-state index in [1.807, 2.05) is 0 Å². The first-order chi connectivity index (χ1) is 12.4. The van der Waals surface area contributed by atoms with E-state index < -0.39 is 17.7 Å². The van der Waals surface area contributed by atoms with Crippen LogP contribution in [-0.4, -0.2) is 41.5 Å². The van der Waals surface area contributed by atoms with E-state index in [4.69, 9.17) is 16.3 Å². The third-order valence-electron chi connectivity index (χ3n) is 4.46. The first-order valence-electron chi connectivity index (χ1n) is 8.05. The van der Waals surface area contributed by atoms with E-state index in [-0.39, 0.29) is 25.5 Å². The summed E-state index contributed by atoms with van der Waals surface area (Å²) in [6.07, 6.45) is -1.96. The van der Waals surface area contributed by atoms with Gasteiger partial charge < -0.3 is 19.8 Å². The highest BCUT2D eigenvalue weighted by Crippen LogP contribution is 2.37.